The summed E-state index contributed by atoms with van der Waals surface area (Å²) in [5.74, 6) is -14.3. The van der Waals surface area contributed by atoms with Gasteiger partial charge in [-0.2, -0.15) is 0 Å². The van der Waals surface area contributed by atoms with Crippen LogP contribution in [-0.2, 0) is 64.0 Å². The smallest absolute Gasteiger partial charge is 0.305 e. The zero-order valence-corrected chi connectivity index (χ0v) is 35.3. The summed E-state index contributed by atoms with van der Waals surface area (Å²) < 4.78 is 0. The normalized spacial score (nSPS) is 24.0. The molecule has 1 heterocycles. The van der Waals surface area contributed by atoms with Crippen LogP contribution in [0.15, 0.2) is 24.3 Å². The number of hydrogen-bond acceptors (Lipinski definition) is 13. The number of carboxylic acid groups (broad SMARTS) is 3. The zero-order chi connectivity index (χ0) is 48.3. The van der Waals surface area contributed by atoms with Crippen molar-refractivity contribution in [1.82, 2.24) is 42.5 Å². The number of benzene rings is 1. The third-order valence-corrected chi connectivity index (χ3v) is 9.45. The van der Waals surface area contributed by atoms with E-state index in [1.807, 2.05) is 0 Å². The van der Waals surface area contributed by atoms with Gasteiger partial charge >= 0.3 is 17.9 Å². The molecule has 7 atom stereocenters. The van der Waals surface area contributed by atoms with Crippen LogP contribution < -0.4 is 48.3 Å². The van der Waals surface area contributed by atoms with Gasteiger partial charge in [-0.3, -0.25) is 57.5 Å². The Morgan fingerprint density at radius 1 is 0.625 bits per heavy atom. The Kier molecular flexibility index (Phi) is 21.1. The summed E-state index contributed by atoms with van der Waals surface area (Å²) in [6.45, 7) is 3.65. The molecule has 0 saturated carbocycles. The molecule has 0 spiro atoms. The Labute approximate surface area is 365 Å². The lowest BCUT2D eigenvalue weighted by Crippen LogP contribution is -2.59. The molecule has 1 aromatic carbocycles. The predicted molar refractivity (Wildman–Crippen MR) is 218 cm³/mol. The van der Waals surface area contributed by atoms with Gasteiger partial charge in [0.05, 0.1) is 13.0 Å². The number of phenols is 1. The molecule has 0 aromatic heterocycles. The van der Waals surface area contributed by atoms with Gasteiger partial charge < -0.3 is 68.7 Å². The molecule has 25 nitrogen and oxygen atoms in total. The lowest BCUT2D eigenvalue weighted by molar-refractivity contribution is -0.141. The van der Waals surface area contributed by atoms with Gasteiger partial charge in [-0.1, -0.05) is 26.0 Å². The van der Waals surface area contributed by atoms with Gasteiger partial charge in [-0.25, -0.2) is 0 Å². The molecule has 1 aliphatic heterocycles. The summed E-state index contributed by atoms with van der Waals surface area (Å²) in [5, 5.41) is 56.2. The SMILES string of the molecule is CC(C)C[C@@H]1NC(=O)CNC(=O)[C@H](CCC(=O)O)NC(=O)[C@H](CC(=O)O)NC(=O)[C@H](C)NC(=O)[C@H](Cc2ccc(O)cc2)NC(=O)CC[C@@H](C(N)=O)NC(=O)[C@H](CCC(=O)O)NC1=O. The molecule has 0 bridgehead atoms. The first-order valence-electron chi connectivity index (χ1n) is 20.1. The number of carbonyl (C=O) groups excluding carboxylic acids is 9. The molecule has 0 aliphatic carbocycles. The first-order chi connectivity index (χ1) is 29.9. The van der Waals surface area contributed by atoms with E-state index in [-0.39, 0.29) is 24.5 Å². The van der Waals surface area contributed by atoms with Gasteiger partial charge in [0.1, 0.15) is 48.0 Å². The molecule has 1 fully saturated rings. The lowest BCUT2D eigenvalue weighted by Gasteiger charge is -2.26. The van der Waals surface area contributed by atoms with Crippen molar-refractivity contribution in [3.8, 4) is 5.75 Å². The minimum Gasteiger partial charge on any atom is -0.508 e. The summed E-state index contributed by atoms with van der Waals surface area (Å²) in [6, 6.07) is -5.80. The fourth-order valence-electron chi connectivity index (χ4n) is 6.09. The quantitative estimate of drug-likeness (QED) is 0.0897. The maximum absolute atomic E-state index is 13.6. The third-order valence-electron chi connectivity index (χ3n) is 9.45. The minimum absolute atomic E-state index is 0.0594. The largest absolute Gasteiger partial charge is 0.508 e. The number of carbonyl (C=O) groups is 12. The second-order valence-electron chi connectivity index (χ2n) is 15.3. The van der Waals surface area contributed by atoms with E-state index in [1.165, 1.54) is 24.3 Å². The summed E-state index contributed by atoms with van der Waals surface area (Å²) >= 11 is 0. The van der Waals surface area contributed by atoms with Crippen molar-refractivity contribution < 1.29 is 78.0 Å². The van der Waals surface area contributed by atoms with E-state index in [1.54, 1.807) is 13.8 Å². The fourth-order valence-corrected chi connectivity index (χ4v) is 6.09. The summed E-state index contributed by atoms with van der Waals surface area (Å²) in [7, 11) is 0. The first-order valence-corrected chi connectivity index (χ1v) is 20.1. The standard InChI is InChI=1S/C39H55N9O16/c1-18(2)14-25-38(63)47-24(10-13-31(54)55)36(61)45-22(33(40)58)8-11-28(50)43-26(15-20-4-6-21(49)7-5-20)37(62)42-19(3)34(59)48-27(16-32(56)57)39(64)46-23(9-12-30(52)53)35(60)41-17-29(51)44-25/h4-7,18-19,22-27,49H,8-17H2,1-3H3,(H2,40,58)(H,41,60)(H,42,62)(H,43,50)(H,44,51)(H,45,61)(H,46,64)(H,47,63)(H,48,59)(H,52,53)(H,54,55)(H,56,57)/t19-,22-,23-,24-,25-,26-,27-/m0/s1. The minimum atomic E-state index is -1.91. The number of primary amides is 1. The van der Waals surface area contributed by atoms with Crippen LogP contribution in [-0.4, -0.2) is 140 Å². The second-order valence-corrected chi connectivity index (χ2v) is 15.3. The Morgan fingerprint density at radius 3 is 1.66 bits per heavy atom. The maximum atomic E-state index is 13.6. The molecule has 14 N–H and O–H groups in total. The molecule has 0 radical (unpaired) electrons. The molecule has 2 rings (SSSR count). The van der Waals surface area contributed by atoms with Crippen LogP contribution in [0.25, 0.3) is 0 Å². The highest BCUT2D eigenvalue weighted by molar-refractivity contribution is 5.98. The van der Waals surface area contributed by atoms with Crippen LogP contribution in [0.2, 0.25) is 0 Å². The number of aromatic hydroxyl groups is 1. The van der Waals surface area contributed by atoms with Crippen LogP contribution in [0.4, 0.5) is 0 Å². The third kappa shape index (κ3) is 19.1. The van der Waals surface area contributed by atoms with Crippen molar-refractivity contribution in [1.29, 1.82) is 0 Å². The van der Waals surface area contributed by atoms with E-state index < -0.39 is 165 Å². The number of nitrogens with two attached hydrogens (primary N) is 1. The van der Waals surface area contributed by atoms with Gasteiger partial charge in [0, 0.05) is 25.7 Å². The first kappa shape index (κ1) is 52.8. The number of hydrogen-bond donors (Lipinski definition) is 13. The zero-order valence-electron chi connectivity index (χ0n) is 35.3. The van der Waals surface area contributed by atoms with Gasteiger partial charge in [-0.15, -0.1) is 0 Å². The number of aliphatic carboxylic acids is 3. The van der Waals surface area contributed by atoms with Crippen molar-refractivity contribution in [3.63, 3.8) is 0 Å². The Morgan fingerprint density at radius 2 is 1.12 bits per heavy atom. The number of phenolic OH excluding ortho intramolecular Hbond substituents is 1. The van der Waals surface area contributed by atoms with Gasteiger partial charge in [0.2, 0.25) is 53.2 Å². The van der Waals surface area contributed by atoms with Crippen molar-refractivity contribution in [2.45, 2.75) is 121 Å². The monoisotopic (exact) mass is 905 g/mol. The second kappa shape index (κ2) is 25.6. The van der Waals surface area contributed by atoms with Crippen LogP contribution in [0.1, 0.15) is 77.7 Å². The van der Waals surface area contributed by atoms with Gasteiger partial charge in [-0.05, 0) is 56.2 Å². The average molecular weight is 906 g/mol. The molecule has 352 valence electrons. The highest BCUT2D eigenvalue weighted by Crippen LogP contribution is 2.13. The van der Waals surface area contributed by atoms with Crippen LogP contribution in [0.3, 0.4) is 0 Å². The van der Waals surface area contributed by atoms with E-state index in [0.717, 1.165) is 6.92 Å². The van der Waals surface area contributed by atoms with Crippen LogP contribution >= 0.6 is 0 Å². The molecule has 1 aromatic rings. The van der Waals surface area contributed by atoms with E-state index >= 15 is 0 Å². The average Bonchev–Trinajstić information content (AvgIpc) is 3.20. The Hall–Kier alpha value is -7.34. The Balaban J connectivity index is 2.61. The highest BCUT2D eigenvalue weighted by atomic mass is 16.4. The molecule has 9 amide bonds. The van der Waals surface area contributed by atoms with Crippen molar-refractivity contribution in [3.05, 3.63) is 29.8 Å². The summed E-state index contributed by atoms with van der Waals surface area (Å²) in [4.78, 5) is 154. The predicted octanol–water partition coefficient (Wildman–Crippen LogP) is -4.01. The van der Waals surface area contributed by atoms with Crippen molar-refractivity contribution in [2.24, 2.45) is 11.7 Å². The fraction of sp³-hybridized carbons (Fsp3) is 0.538. The van der Waals surface area contributed by atoms with Crippen molar-refractivity contribution >= 4 is 71.1 Å². The summed E-state index contributed by atoms with van der Waals surface area (Å²) in [6.07, 6.45) is -4.86. The molecule has 1 aliphatic rings. The molecule has 1 saturated heterocycles. The summed E-state index contributed by atoms with van der Waals surface area (Å²) in [5.41, 5.74) is 5.93. The molecular formula is C39H55N9O16. The molecular weight excluding hydrogens is 850 g/mol. The lowest BCUT2D eigenvalue weighted by atomic mass is 10.0. The molecule has 25 heteroatoms. The number of amides is 9. The van der Waals surface area contributed by atoms with Crippen LogP contribution in [0.5, 0.6) is 5.75 Å². The number of nitrogens with one attached hydrogen (secondary N) is 8. The maximum Gasteiger partial charge on any atom is 0.305 e. The van der Waals surface area contributed by atoms with E-state index in [9.17, 15) is 78.0 Å². The topological polar surface area (TPSA) is 408 Å². The Bertz CT molecular complexity index is 1930. The van der Waals surface area contributed by atoms with Gasteiger partial charge in [0.25, 0.3) is 0 Å². The van der Waals surface area contributed by atoms with Crippen LogP contribution in [0, 0.1) is 5.92 Å². The number of rotatable bonds is 13. The van der Waals surface area contributed by atoms with E-state index in [4.69, 9.17) is 5.73 Å². The molecule has 0 unspecified atom stereocenters. The molecule has 64 heavy (non-hydrogen) atoms. The number of carboxylic acids is 3. The van der Waals surface area contributed by atoms with Crippen molar-refractivity contribution in [2.75, 3.05) is 6.54 Å². The van der Waals surface area contributed by atoms with E-state index in [2.05, 4.69) is 42.5 Å². The van der Waals surface area contributed by atoms with E-state index in [0.29, 0.717) is 5.56 Å². The highest BCUT2D eigenvalue weighted by Gasteiger charge is 2.34. The van der Waals surface area contributed by atoms with Gasteiger partial charge in [0.15, 0.2) is 0 Å².